The summed E-state index contributed by atoms with van der Waals surface area (Å²) >= 11 is 0. The number of nitrogens with zero attached hydrogens (tertiary/aromatic N) is 2. The molecule has 0 spiro atoms. The molecule has 1 amide bonds. The van der Waals surface area contributed by atoms with E-state index in [1.165, 1.54) is 10.9 Å². The zero-order chi connectivity index (χ0) is 14.4. The minimum Gasteiger partial charge on any atom is -0.352 e. The molecule has 1 aliphatic rings. The lowest BCUT2D eigenvalue weighted by molar-refractivity contribution is -0.121. The molecule has 3 aromatic rings. The number of H-pyrrole nitrogens is 1. The molecule has 4 rings (SSSR count). The molecule has 6 nitrogen and oxygen atoms in total. The predicted molar refractivity (Wildman–Crippen MR) is 79.0 cm³/mol. The van der Waals surface area contributed by atoms with Gasteiger partial charge in [0.15, 0.2) is 0 Å². The highest BCUT2D eigenvalue weighted by Crippen LogP contribution is 2.20. The molecule has 1 saturated carbocycles. The Morgan fingerprint density at radius 3 is 3.00 bits per heavy atom. The second-order valence-corrected chi connectivity index (χ2v) is 5.41. The van der Waals surface area contributed by atoms with E-state index in [9.17, 15) is 9.59 Å². The van der Waals surface area contributed by atoms with Crippen LogP contribution in [-0.2, 0) is 11.3 Å². The monoisotopic (exact) mass is 282 g/mol. The number of para-hydroxylation sites is 1. The molecular formula is C15H14N4O2. The molecule has 6 heteroatoms. The molecule has 0 unspecified atom stereocenters. The van der Waals surface area contributed by atoms with Crippen LogP contribution in [0.15, 0.2) is 35.4 Å². The number of carbonyl (C=O) groups excluding carboxylic acids is 1. The van der Waals surface area contributed by atoms with E-state index in [4.69, 9.17) is 0 Å². The van der Waals surface area contributed by atoms with E-state index in [1.54, 1.807) is 0 Å². The first-order valence-corrected chi connectivity index (χ1v) is 6.97. The zero-order valence-corrected chi connectivity index (χ0v) is 11.3. The molecule has 1 aromatic carbocycles. The molecule has 2 aromatic heterocycles. The van der Waals surface area contributed by atoms with Crippen LogP contribution in [0.5, 0.6) is 0 Å². The SMILES string of the molecule is O=C(Cn1cnc2c([nH]c3ccccc32)c1=O)NC1CC1. The number of aromatic amines is 1. The fourth-order valence-corrected chi connectivity index (χ4v) is 2.51. The van der Waals surface area contributed by atoms with Crippen molar-refractivity contribution in [2.45, 2.75) is 25.4 Å². The van der Waals surface area contributed by atoms with Gasteiger partial charge in [-0.25, -0.2) is 4.98 Å². The van der Waals surface area contributed by atoms with Crippen molar-refractivity contribution < 1.29 is 4.79 Å². The molecule has 0 atom stereocenters. The smallest absolute Gasteiger partial charge is 0.278 e. The van der Waals surface area contributed by atoms with Crippen molar-refractivity contribution in [3.8, 4) is 0 Å². The molecule has 21 heavy (non-hydrogen) atoms. The van der Waals surface area contributed by atoms with Gasteiger partial charge in [0.1, 0.15) is 17.6 Å². The van der Waals surface area contributed by atoms with Gasteiger partial charge in [0.2, 0.25) is 5.91 Å². The molecular weight excluding hydrogens is 268 g/mol. The summed E-state index contributed by atoms with van der Waals surface area (Å²) in [4.78, 5) is 31.7. The van der Waals surface area contributed by atoms with Gasteiger partial charge in [0, 0.05) is 16.9 Å². The predicted octanol–water partition coefficient (Wildman–Crippen LogP) is 1.16. The quantitative estimate of drug-likeness (QED) is 0.756. The Kier molecular flexibility index (Phi) is 2.57. The van der Waals surface area contributed by atoms with Gasteiger partial charge in [-0.3, -0.25) is 14.2 Å². The summed E-state index contributed by atoms with van der Waals surface area (Å²) in [5.41, 5.74) is 1.74. The van der Waals surface area contributed by atoms with Gasteiger partial charge >= 0.3 is 0 Å². The molecule has 0 saturated heterocycles. The fraction of sp³-hybridized carbons (Fsp3) is 0.267. The van der Waals surface area contributed by atoms with Crippen LogP contribution >= 0.6 is 0 Å². The number of aromatic nitrogens is 3. The first-order chi connectivity index (χ1) is 10.2. The van der Waals surface area contributed by atoms with Crippen LogP contribution in [0.2, 0.25) is 0 Å². The van der Waals surface area contributed by atoms with E-state index in [2.05, 4.69) is 15.3 Å². The van der Waals surface area contributed by atoms with Gasteiger partial charge < -0.3 is 10.3 Å². The summed E-state index contributed by atoms with van der Waals surface area (Å²) in [5, 5.41) is 3.78. The van der Waals surface area contributed by atoms with Crippen LogP contribution in [0.25, 0.3) is 21.9 Å². The van der Waals surface area contributed by atoms with Crippen molar-refractivity contribution in [2.24, 2.45) is 0 Å². The van der Waals surface area contributed by atoms with Crippen molar-refractivity contribution in [2.75, 3.05) is 0 Å². The molecule has 1 fully saturated rings. The van der Waals surface area contributed by atoms with Crippen LogP contribution in [0.1, 0.15) is 12.8 Å². The Morgan fingerprint density at radius 1 is 1.38 bits per heavy atom. The Hall–Kier alpha value is -2.63. The van der Waals surface area contributed by atoms with Gasteiger partial charge in [-0.15, -0.1) is 0 Å². The maximum absolute atomic E-state index is 12.4. The number of nitrogens with one attached hydrogen (secondary N) is 2. The highest BCUT2D eigenvalue weighted by molar-refractivity contribution is 6.04. The lowest BCUT2D eigenvalue weighted by atomic mass is 10.2. The second kappa shape index (κ2) is 4.44. The fourth-order valence-electron chi connectivity index (χ4n) is 2.51. The molecule has 0 radical (unpaired) electrons. The number of rotatable bonds is 3. The van der Waals surface area contributed by atoms with Crippen molar-refractivity contribution in [1.29, 1.82) is 0 Å². The normalized spacial score (nSPS) is 14.7. The summed E-state index contributed by atoms with van der Waals surface area (Å²) in [7, 11) is 0. The lowest BCUT2D eigenvalue weighted by Crippen LogP contribution is -2.33. The summed E-state index contributed by atoms with van der Waals surface area (Å²) < 4.78 is 1.34. The van der Waals surface area contributed by atoms with Gasteiger partial charge in [-0.05, 0) is 18.9 Å². The second-order valence-electron chi connectivity index (χ2n) is 5.41. The van der Waals surface area contributed by atoms with Crippen molar-refractivity contribution in [3.05, 3.63) is 40.9 Å². The standard InChI is InChI=1S/C15H14N4O2/c20-12(17-9-5-6-9)7-19-8-16-13-10-3-1-2-4-11(10)18-14(13)15(19)21/h1-4,8-9,18H,5-7H2,(H,17,20). The first kappa shape index (κ1) is 12.1. The summed E-state index contributed by atoms with van der Waals surface area (Å²) in [6, 6.07) is 7.93. The van der Waals surface area contributed by atoms with Gasteiger partial charge in [-0.2, -0.15) is 0 Å². The lowest BCUT2D eigenvalue weighted by Gasteiger charge is -2.05. The maximum atomic E-state index is 12.4. The number of fused-ring (bicyclic) bond motifs is 3. The largest absolute Gasteiger partial charge is 0.352 e. The average Bonchev–Trinajstić information content (AvgIpc) is 3.20. The van der Waals surface area contributed by atoms with Gasteiger partial charge in [0.05, 0.1) is 6.33 Å². The van der Waals surface area contributed by atoms with Gasteiger partial charge in [-0.1, -0.05) is 18.2 Å². The Labute approximate surface area is 119 Å². The number of hydrogen-bond acceptors (Lipinski definition) is 3. The van der Waals surface area contributed by atoms with E-state index >= 15 is 0 Å². The van der Waals surface area contributed by atoms with Crippen LogP contribution < -0.4 is 10.9 Å². The molecule has 2 heterocycles. The Balaban J connectivity index is 1.76. The first-order valence-electron chi connectivity index (χ1n) is 6.97. The number of hydrogen-bond donors (Lipinski definition) is 2. The zero-order valence-electron chi connectivity index (χ0n) is 11.3. The van der Waals surface area contributed by atoms with Crippen molar-refractivity contribution in [1.82, 2.24) is 19.9 Å². The molecule has 106 valence electrons. The molecule has 0 bridgehead atoms. The highest BCUT2D eigenvalue weighted by Gasteiger charge is 2.23. The van der Waals surface area contributed by atoms with E-state index in [0.717, 1.165) is 23.7 Å². The molecule has 0 aliphatic heterocycles. The maximum Gasteiger partial charge on any atom is 0.278 e. The topological polar surface area (TPSA) is 79.8 Å². The minimum atomic E-state index is -0.220. The Morgan fingerprint density at radius 2 is 2.19 bits per heavy atom. The summed E-state index contributed by atoms with van der Waals surface area (Å²) in [5.74, 6) is -0.142. The number of amides is 1. The van der Waals surface area contributed by atoms with E-state index in [0.29, 0.717) is 11.0 Å². The van der Waals surface area contributed by atoms with Crippen molar-refractivity contribution >= 4 is 27.8 Å². The molecule has 2 N–H and O–H groups in total. The average molecular weight is 282 g/mol. The van der Waals surface area contributed by atoms with E-state index in [-0.39, 0.29) is 24.1 Å². The third kappa shape index (κ3) is 2.08. The van der Waals surface area contributed by atoms with E-state index in [1.807, 2.05) is 24.3 Å². The molecule has 1 aliphatic carbocycles. The van der Waals surface area contributed by atoms with Gasteiger partial charge in [0.25, 0.3) is 5.56 Å². The Bertz CT molecular complexity index is 905. The minimum absolute atomic E-state index is 0.00758. The number of benzene rings is 1. The third-order valence-corrected chi connectivity index (χ3v) is 3.74. The van der Waals surface area contributed by atoms with Crippen LogP contribution in [0.4, 0.5) is 0 Å². The van der Waals surface area contributed by atoms with Crippen LogP contribution in [-0.4, -0.2) is 26.5 Å². The van der Waals surface area contributed by atoms with E-state index < -0.39 is 0 Å². The van der Waals surface area contributed by atoms with Crippen LogP contribution in [0, 0.1) is 0 Å². The van der Waals surface area contributed by atoms with Crippen molar-refractivity contribution in [3.63, 3.8) is 0 Å². The summed E-state index contributed by atoms with van der Waals surface area (Å²) in [6.45, 7) is 0.00758. The summed E-state index contributed by atoms with van der Waals surface area (Å²) in [6.07, 6.45) is 3.50. The highest BCUT2D eigenvalue weighted by atomic mass is 16.2. The van der Waals surface area contributed by atoms with Crippen LogP contribution in [0.3, 0.4) is 0 Å². The number of carbonyl (C=O) groups is 1. The third-order valence-electron chi connectivity index (χ3n) is 3.74.